The summed E-state index contributed by atoms with van der Waals surface area (Å²) in [6.07, 6.45) is 0. The molecule has 0 aliphatic carbocycles. The molecule has 0 bridgehead atoms. The summed E-state index contributed by atoms with van der Waals surface area (Å²) < 4.78 is 27.5. The predicted molar refractivity (Wildman–Crippen MR) is 93.7 cm³/mol. The molecule has 0 radical (unpaired) electrons. The minimum atomic E-state index is -3.26. The van der Waals surface area contributed by atoms with Gasteiger partial charge in [-0.3, -0.25) is 0 Å². The highest BCUT2D eigenvalue weighted by Gasteiger charge is 2.30. The minimum absolute atomic E-state index is 0.204. The zero-order valence-electron chi connectivity index (χ0n) is 14.0. The Morgan fingerprint density at radius 1 is 1.12 bits per heavy atom. The van der Waals surface area contributed by atoms with Gasteiger partial charge in [0, 0.05) is 17.0 Å². The van der Waals surface area contributed by atoms with E-state index in [1.54, 1.807) is 12.1 Å². The van der Waals surface area contributed by atoms with Crippen molar-refractivity contribution in [2.45, 2.75) is 25.8 Å². The molecule has 3 aromatic rings. The third-order valence-corrected chi connectivity index (χ3v) is 4.08. The van der Waals surface area contributed by atoms with Crippen LogP contribution in [0.3, 0.4) is 0 Å². The molecule has 2 aromatic carbocycles. The first kappa shape index (κ1) is 17.2. The largest absolute Gasteiger partial charge is 0.390 e. The summed E-state index contributed by atoms with van der Waals surface area (Å²) in [6.45, 7) is 2.47. The van der Waals surface area contributed by atoms with E-state index in [0.29, 0.717) is 17.2 Å². The van der Waals surface area contributed by atoms with Crippen LogP contribution in [0.2, 0.25) is 0 Å². The Morgan fingerprint density at radius 3 is 2.64 bits per heavy atom. The monoisotopic (exact) mass is 343 g/mol. The van der Waals surface area contributed by atoms with Crippen LogP contribution in [-0.4, -0.2) is 21.7 Å². The molecular weight excluding hydrogens is 324 g/mol. The fourth-order valence-electron chi connectivity index (χ4n) is 2.72. The fraction of sp³-hybridized carbons (Fsp3) is 0.263. The summed E-state index contributed by atoms with van der Waals surface area (Å²) in [6, 6.07) is 13.4. The van der Waals surface area contributed by atoms with Gasteiger partial charge in [-0.05, 0) is 37.6 Å². The number of rotatable bonds is 5. The van der Waals surface area contributed by atoms with Crippen LogP contribution in [0.4, 0.5) is 14.6 Å². The van der Waals surface area contributed by atoms with Crippen LogP contribution < -0.4 is 5.32 Å². The lowest BCUT2D eigenvalue weighted by Crippen LogP contribution is -2.19. The second-order valence-electron chi connectivity index (χ2n) is 5.99. The van der Waals surface area contributed by atoms with Crippen molar-refractivity contribution in [3.05, 3.63) is 65.5 Å². The number of aliphatic hydroxyl groups is 1. The first-order valence-corrected chi connectivity index (χ1v) is 8.00. The van der Waals surface area contributed by atoms with Gasteiger partial charge < -0.3 is 10.4 Å². The zero-order valence-corrected chi connectivity index (χ0v) is 14.0. The van der Waals surface area contributed by atoms with Gasteiger partial charge in [-0.1, -0.05) is 30.3 Å². The number of hydrogen-bond donors (Lipinski definition) is 2. The van der Waals surface area contributed by atoms with Crippen molar-refractivity contribution in [2.75, 3.05) is 11.9 Å². The van der Waals surface area contributed by atoms with Gasteiger partial charge in [-0.2, -0.15) is 8.78 Å². The number of benzene rings is 2. The average Bonchev–Trinajstić information content (AvgIpc) is 2.61. The molecule has 1 aromatic heterocycles. The molecule has 0 fully saturated rings. The number of aliphatic hydroxyl groups excluding tert-OH is 1. The van der Waals surface area contributed by atoms with E-state index in [-0.39, 0.29) is 11.6 Å². The molecule has 1 unspecified atom stereocenters. The smallest absolute Gasteiger partial charge is 0.295 e. The molecular formula is C19H19F2N3O. The van der Waals surface area contributed by atoms with Crippen molar-refractivity contribution in [3.8, 4) is 0 Å². The van der Waals surface area contributed by atoms with Crippen molar-refractivity contribution in [2.24, 2.45) is 0 Å². The van der Waals surface area contributed by atoms with E-state index in [4.69, 9.17) is 5.11 Å². The number of aromatic nitrogens is 2. The van der Waals surface area contributed by atoms with E-state index in [9.17, 15) is 8.78 Å². The van der Waals surface area contributed by atoms with Gasteiger partial charge in [0.25, 0.3) is 5.92 Å². The average molecular weight is 343 g/mol. The van der Waals surface area contributed by atoms with Gasteiger partial charge in [0.2, 0.25) is 0 Å². The SMILES string of the molecule is Cc1nc(NC(C)c2cccc(C(F)(F)CO)c2)c2ccccc2n1. The highest BCUT2D eigenvalue weighted by Crippen LogP contribution is 2.30. The molecule has 2 N–H and O–H groups in total. The predicted octanol–water partition coefficient (Wildman–Crippen LogP) is 4.20. The first-order valence-electron chi connectivity index (χ1n) is 8.00. The molecule has 1 heterocycles. The maximum absolute atomic E-state index is 13.7. The maximum atomic E-state index is 13.7. The van der Waals surface area contributed by atoms with Crippen LogP contribution in [-0.2, 0) is 5.92 Å². The van der Waals surface area contributed by atoms with Crippen LogP contribution in [0.25, 0.3) is 10.9 Å². The highest BCUT2D eigenvalue weighted by atomic mass is 19.3. The van der Waals surface area contributed by atoms with E-state index < -0.39 is 12.5 Å². The fourth-order valence-corrected chi connectivity index (χ4v) is 2.72. The first-order chi connectivity index (χ1) is 11.9. The topological polar surface area (TPSA) is 58.0 Å². The Morgan fingerprint density at radius 2 is 1.88 bits per heavy atom. The molecule has 0 saturated carbocycles. The van der Waals surface area contributed by atoms with Crippen LogP contribution in [0.5, 0.6) is 0 Å². The summed E-state index contributed by atoms with van der Waals surface area (Å²) in [7, 11) is 0. The lowest BCUT2D eigenvalue weighted by molar-refractivity contribution is -0.0556. The van der Waals surface area contributed by atoms with Gasteiger partial charge in [0.1, 0.15) is 18.2 Å². The summed E-state index contributed by atoms with van der Waals surface area (Å²) in [5.41, 5.74) is 1.31. The molecule has 25 heavy (non-hydrogen) atoms. The Hall–Kier alpha value is -2.60. The molecule has 0 saturated heterocycles. The van der Waals surface area contributed by atoms with E-state index in [2.05, 4.69) is 15.3 Å². The Labute approximate surface area is 144 Å². The molecule has 0 spiro atoms. The van der Waals surface area contributed by atoms with Crippen LogP contribution in [0, 0.1) is 6.92 Å². The van der Waals surface area contributed by atoms with Crippen molar-refractivity contribution < 1.29 is 13.9 Å². The van der Waals surface area contributed by atoms with Crippen LogP contribution >= 0.6 is 0 Å². The number of halogens is 2. The minimum Gasteiger partial charge on any atom is -0.390 e. The number of alkyl halides is 2. The van der Waals surface area contributed by atoms with Gasteiger partial charge in [0.15, 0.2) is 0 Å². The van der Waals surface area contributed by atoms with Gasteiger partial charge >= 0.3 is 0 Å². The van der Waals surface area contributed by atoms with E-state index in [1.165, 1.54) is 12.1 Å². The highest BCUT2D eigenvalue weighted by molar-refractivity contribution is 5.89. The zero-order chi connectivity index (χ0) is 18.0. The number of nitrogens with zero attached hydrogens (tertiary/aromatic N) is 2. The number of hydrogen-bond acceptors (Lipinski definition) is 4. The standard InChI is InChI=1S/C19H19F2N3O/c1-12(14-6-5-7-15(10-14)19(20,21)11-25)22-18-16-8-3-4-9-17(16)23-13(2)24-18/h3-10,12,25H,11H2,1-2H3,(H,22,23,24). The van der Waals surface area contributed by atoms with Gasteiger partial charge in [0.05, 0.1) is 5.52 Å². The van der Waals surface area contributed by atoms with Gasteiger partial charge in [-0.25, -0.2) is 9.97 Å². The van der Waals surface area contributed by atoms with Crippen LogP contribution in [0.1, 0.15) is 29.9 Å². The van der Waals surface area contributed by atoms with Crippen LogP contribution in [0.15, 0.2) is 48.5 Å². The van der Waals surface area contributed by atoms with E-state index >= 15 is 0 Å². The number of fused-ring (bicyclic) bond motifs is 1. The quantitative estimate of drug-likeness (QED) is 0.729. The van der Waals surface area contributed by atoms with Gasteiger partial charge in [-0.15, -0.1) is 0 Å². The van der Waals surface area contributed by atoms with E-state index in [1.807, 2.05) is 38.1 Å². The second-order valence-corrected chi connectivity index (χ2v) is 5.99. The number of nitrogens with one attached hydrogen (secondary N) is 1. The number of aryl methyl sites for hydroxylation is 1. The summed E-state index contributed by atoms with van der Waals surface area (Å²) in [5.74, 6) is -1.96. The molecule has 130 valence electrons. The molecule has 0 aliphatic heterocycles. The molecule has 0 amide bonds. The number of para-hydroxylation sites is 1. The van der Waals surface area contributed by atoms with Crippen molar-refractivity contribution in [1.82, 2.24) is 9.97 Å². The summed E-state index contributed by atoms with van der Waals surface area (Å²) in [5, 5.41) is 13.0. The van der Waals surface area contributed by atoms with Crippen molar-refractivity contribution in [3.63, 3.8) is 0 Å². The third-order valence-electron chi connectivity index (χ3n) is 4.08. The van der Waals surface area contributed by atoms with Crippen molar-refractivity contribution >= 4 is 16.7 Å². The lowest BCUT2D eigenvalue weighted by Gasteiger charge is -2.19. The summed E-state index contributed by atoms with van der Waals surface area (Å²) >= 11 is 0. The molecule has 6 heteroatoms. The second kappa shape index (κ2) is 6.72. The Bertz CT molecular complexity index is 899. The maximum Gasteiger partial charge on any atom is 0.295 e. The molecule has 1 atom stereocenters. The normalized spacial score (nSPS) is 13.0. The number of anilines is 1. The Balaban J connectivity index is 1.93. The van der Waals surface area contributed by atoms with E-state index in [0.717, 1.165) is 10.9 Å². The Kier molecular flexibility index (Phi) is 4.63. The third kappa shape index (κ3) is 3.58. The molecule has 4 nitrogen and oxygen atoms in total. The lowest BCUT2D eigenvalue weighted by atomic mass is 10.0. The summed E-state index contributed by atoms with van der Waals surface area (Å²) in [4.78, 5) is 8.84. The molecule has 0 aliphatic rings. The molecule has 3 rings (SSSR count). The van der Waals surface area contributed by atoms with Crippen molar-refractivity contribution in [1.29, 1.82) is 0 Å².